The van der Waals surface area contributed by atoms with Gasteiger partial charge in [-0.2, -0.15) is 0 Å². The molecular formula is C18H26N2. The number of hydrogen-bond acceptors (Lipinski definition) is 2. The number of hydrogen-bond donors (Lipinski definition) is 1. The van der Waals surface area contributed by atoms with Gasteiger partial charge in [0, 0.05) is 23.9 Å². The van der Waals surface area contributed by atoms with Gasteiger partial charge in [-0.25, -0.2) is 0 Å². The first-order valence-corrected chi connectivity index (χ1v) is 8.54. The molecule has 4 unspecified atom stereocenters. The maximum absolute atomic E-state index is 4.77. The van der Waals surface area contributed by atoms with E-state index in [0.29, 0.717) is 12.0 Å². The molecule has 0 saturated heterocycles. The minimum atomic E-state index is 0.655. The first-order valence-electron chi connectivity index (χ1n) is 8.54. The molecule has 108 valence electrons. The van der Waals surface area contributed by atoms with Crippen molar-refractivity contribution in [3.8, 4) is 0 Å². The number of nitrogens with one attached hydrogen (secondary N) is 1. The van der Waals surface area contributed by atoms with Gasteiger partial charge >= 0.3 is 0 Å². The maximum Gasteiger partial charge on any atom is 0.0482 e. The molecule has 2 nitrogen and oxygen atoms in total. The highest BCUT2D eigenvalue weighted by molar-refractivity contribution is 5.28. The molecular weight excluding hydrogens is 244 g/mol. The largest absolute Gasteiger partial charge is 0.313 e. The van der Waals surface area contributed by atoms with E-state index < -0.39 is 0 Å². The van der Waals surface area contributed by atoms with E-state index in [0.717, 1.165) is 24.3 Å². The number of rotatable bonds is 4. The van der Waals surface area contributed by atoms with Crippen molar-refractivity contribution in [1.29, 1.82) is 0 Å². The Bertz CT molecular complexity index is 474. The Morgan fingerprint density at radius 3 is 2.95 bits per heavy atom. The second kappa shape index (κ2) is 5.14. The predicted octanol–water partition coefficient (Wildman–Crippen LogP) is 3.53. The van der Waals surface area contributed by atoms with E-state index in [9.17, 15) is 0 Å². The fraction of sp³-hybridized carbons (Fsp3) is 0.722. The molecule has 1 aromatic heterocycles. The van der Waals surface area contributed by atoms with Crippen LogP contribution in [0.25, 0.3) is 0 Å². The quantitative estimate of drug-likeness (QED) is 0.905. The average molecular weight is 270 g/mol. The minimum Gasteiger partial charge on any atom is -0.313 e. The smallest absolute Gasteiger partial charge is 0.0482 e. The van der Waals surface area contributed by atoms with Crippen LogP contribution in [-0.2, 0) is 6.42 Å². The molecule has 1 heterocycles. The fourth-order valence-corrected chi connectivity index (χ4v) is 4.92. The van der Waals surface area contributed by atoms with Gasteiger partial charge in [0.15, 0.2) is 0 Å². The van der Waals surface area contributed by atoms with Crippen molar-refractivity contribution < 1.29 is 0 Å². The molecule has 4 atom stereocenters. The predicted molar refractivity (Wildman–Crippen MR) is 81.7 cm³/mol. The molecule has 0 spiro atoms. The summed E-state index contributed by atoms with van der Waals surface area (Å²) >= 11 is 0. The zero-order valence-electron chi connectivity index (χ0n) is 12.5. The molecule has 4 rings (SSSR count). The number of aromatic nitrogens is 1. The summed E-state index contributed by atoms with van der Waals surface area (Å²) in [6, 6.07) is 5.07. The fourth-order valence-electron chi connectivity index (χ4n) is 4.92. The van der Waals surface area contributed by atoms with Crippen molar-refractivity contribution in [1.82, 2.24) is 10.3 Å². The minimum absolute atomic E-state index is 0.655. The third-order valence-corrected chi connectivity index (χ3v) is 5.90. The zero-order chi connectivity index (χ0) is 13.5. The van der Waals surface area contributed by atoms with E-state index in [-0.39, 0.29) is 0 Å². The van der Waals surface area contributed by atoms with Crippen LogP contribution in [0.1, 0.15) is 56.2 Å². The summed E-state index contributed by atoms with van der Waals surface area (Å²) in [5.74, 6) is 3.71. The number of likely N-dealkylation sites (N-methyl/N-ethyl adjacent to an activating group) is 1. The van der Waals surface area contributed by atoms with E-state index in [1.165, 1.54) is 49.8 Å². The van der Waals surface area contributed by atoms with Crippen LogP contribution >= 0.6 is 0 Å². The molecule has 2 fully saturated rings. The highest BCUT2D eigenvalue weighted by Crippen LogP contribution is 2.56. The first kappa shape index (κ1) is 12.8. The molecule has 0 radical (unpaired) electrons. The maximum atomic E-state index is 4.77. The normalized spacial score (nSPS) is 36.2. The van der Waals surface area contributed by atoms with E-state index in [1.54, 1.807) is 0 Å². The Hall–Kier alpha value is -0.890. The number of aryl methyl sites for hydroxylation is 1. The lowest BCUT2D eigenvalue weighted by atomic mass is 9.76. The number of fused-ring (bicyclic) bond motifs is 2. The lowest BCUT2D eigenvalue weighted by molar-refractivity contribution is 0.274. The Morgan fingerprint density at radius 2 is 2.15 bits per heavy atom. The third kappa shape index (κ3) is 2.18. The van der Waals surface area contributed by atoms with Gasteiger partial charge in [0.2, 0.25) is 0 Å². The Kier molecular flexibility index (Phi) is 3.30. The molecule has 3 aliphatic rings. The summed E-state index contributed by atoms with van der Waals surface area (Å²) in [7, 11) is 0. The molecule has 2 heteroatoms. The molecule has 1 N–H and O–H groups in total. The van der Waals surface area contributed by atoms with E-state index in [4.69, 9.17) is 4.98 Å². The van der Waals surface area contributed by atoms with Crippen molar-refractivity contribution in [2.75, 3.05) is 6.54 Å². The van der Waals surface area contributed by atoms with Crippen LogP contribution in [0, 0.1) is 17.8 Å². The second-order valence-electron chi connectivity index (χ2n) is 7.12. The van der Waals surface area contributed by atoms with Crippen molar-refractivity contribution in [2.24, 2.45) is 17.8 Å². The average Bonchev–Trinajstić information content (AvgIpc) is 3.11. The van der Waals surface area contributed by atoms with Crippen molar-refractivity contribution in [2.45, 2.75) is 57.4 Å². The standard InChI is InChI=1S/C18H26N2/c1-2-19-18(15-10-13-9-14(13)11-15)16-7-3-5-12-6-4-8-20-17(12)16/h4,6,8,13-16,18-19H,2-3,5,7,9-11H2,1H3. The number of nitrogens with zero attached hydrogens (tertiary/aromatic N) is 1. The van der Waals surface area contributed by atoms with Gasteiger partial charge < -0.3 is 5.32 Å². The van der Waals surface area contributed by atoms with Crippen LogP contribution in [-0.4, -0.2) is 17.6 Å². The summed E-state index contributed by atoms with van der Waals surface area (Å²) in [5.41, 5.74) is 2.92. The van der Waals surface area contributed by atoms with Crippen LogP contribution < -0.4 is 5.32 Å². The Labute approximate surface area is 122 Å². The van der Waals surface area contributed by atoms with Crippen LogP contribution in [0.3, 0.4) is 0 Å². The van der Waals surface area contributed by atoms with Gasteiger partial charge in [-0.05, 0) is 74.5 Å². The second-order valence-corrected chi connectivity index (χ2v) is 7.12. The third-order valence-electron chi connectivity index (χ3n) is 5.90. The molecule has 0 aliphatic heterocycles. The summed E-state index contributed by atoms with van der Waals surface area (Å²) in [4.78, 5) is 4.77. The van der Waals surface area contributed by atoms with E-state index in [2.05, 4.69) is 24.4 Å². The molecule has 2 saturated carbocycles. The van der Waals surface area contributed by atoms with E-state index >= 15 is 0 Å². The van der Waals surface area contributed by atoms with Crippen molar-refractivity contribution in [3.63, 3.8) is 0 Å². The van der Waals surface area contributed by atoms with Crippen molar-refractivity contribution >= 4 is 0 Å². The molecule has 0 aromatic carbocycles. The summed E-state index contributed by atoms with van der Waals surface area (Å²) in [6.07, 6.45) is 10.4. The topological polar surface area (TPSA) is 24.9 Å². The SMILES string of the molecule is CCNC(C1CC2CC2C1)C1CCCc2cccnc21. The van der Waals surface area contributed by atoms with E-state index in [1.807, 2.05) is 6.20 Å². The van der Waals surface area contributed by atoms with Gasteiger partial charge in [-0.1, -0.05) is 13.0 Å². The zero-order valence-corrected chi connectivity index (χ0v) is 12.5. The van der Waals surface area contributed by atoms with Gasteiger partial charge in [0.1, 0.15) is 0 Å². The van der Waals surface area contributed by atoms with Gasteiger partial charge in [-0.3, -0.25) is 4.98 Å². The summed E-state index contributed by atoms with van der Waals surface area (Å²) in [6.45, 7) is 3.35. The van der Waals surface area contributed by atoms with Crippen LogP contribution in [0.15, 0.2) is 18.3 Å². The van der Waals surface area contributed by atoms with Crippen LogP contribution in [0.2, 0.25) is 0 Å². The lowest BCUT2D eigenvalue weighted by Gasteiger charge is -2.36. The Balaban J connectivity index is 1.60. The highest BCUT2D eigenvalue weighted by atomic mass is 14.9. The lowest BCUT2D eigenvalue weighted by Crippen LogP contribution is -2.42. The summed E-state index contributed by atoms with van der Waals surface area (Å²) < 4.78 is 0. The van der Waals surface area contributed by atoms with Gasteiger partial charge in [0.05, 0.1) is 0 Å². The van der Waals surface area contributed by atoms with Crippen molar-refractivity contribution in [3.05, 3.63) is 29.6 Å². The Morgan fingerprint density at radius 1 is 1.30 bits per heavy atom. The molecule has 3 aliphatic carbocycles. The summed E-state index contributed by atoms with van der Waals surface area (Å²) in [5, 5.41) is 3.84. The van der Waals surface area contributed by atoms with Crippen LogP contribution in [0.4, 0.5) is 0 Å². The first-order chi connectivity index (χ1) is 9.86. The molecule has 0 amide bonds. The highest BCUT2D eigenvalue weighted by Gasteiger charge is 2.49. The monoisotopic (exact) mass is 270 g/mol. The number of pyridine rings is 1. The van der Waals surface area contributed by atoms with Gasteiger partial charge in [0.25, 0.3) is 0 Å². The van der Waals surface area contributed by atoms with Gasteiger partial charge in [-0.15, -0.1) is 0 Å². The molecule has 0 bridgehead atoms. The van der Waals surface area contributed by atoms with Crippen LogP contribution in [0.5, 0.6) is 0 Å². The molecule has 20 heavy (non-hydrogen) atoms. The molecule has 1 aromatic rings.